The van der Waals surface area contributed by atoms with Crippen LogP contribution in [-0.4, -0.2) is 86.7 Å². The van der Waals surface area contributed by atoms with Gasteiger partial charge in [0, 0.05) is 30.7 Å². The lowest BCUT2D eigenvalue weighted by Gasteiger charge is -2.37. The fourth-order valence-electron chi connectivity index (χ4n) is 4.51. The van der Waals surface area contributed by atoms with Crippen LogP contribution in [-0.2, 0) is 4.74 Å². The number of hydrogen-bond acceptors (Lipinski definition) is 9. The van der Waals surface area contributed by atoms with Crippen molar-refractivity contribution in [2.75, 3.05) is 44.3 Å². The van der Waals surface area contributed by atoms with Crippen molar-refractivity contribution >= 4 is 17.4 Å². The first-order valence-electron chi connectivity index (χ1n) is 11.8. The molecule has 0 spiro atoms. The summed E-state index contributed by atoms with van der Waals surface area (Å²) in [6.45, 7) is 4.76. The lowest BCUT2D eigenvalue weighted by molar-refractivity contribution is -0.0412. The van der Waals surface area contributed by atoms with Crippen molar-refractivity contribution in [3.05, 3.63) is 36.4 Å². The standard InChI is InChI=1S/C24H28N8O4/c1-24(26)2-4-30(5-3-24)21-12-27-20(11-28-21)19-8-17(14-32-22(19)16(9-25)10-29-32)36-15-18-13-31(23(33)34)6-7-35-18/h8,10-12,14,18H,2-7,13,15,26H2,1H3,(H,33,34)/t18-/m1/s1. The smallest absolute Gasteiger partial charge is 0.407 e. The molecule has 2 aliphatic heterocycles. The summed E-state index contributed by atoms with van der Waals surface area (Å²) in [5, 5.41) is 23.2. The van der Waals surface area contributed by atoms with Gasteiger partial charge in [-0.3, -0.25) is 4.98 Å². The number of pyridine rings is 1. The molecule has 12 nitrogen and oxygen atoms in total. The van der Waals surface area contributed by atoms with Gasteiger partial charge in [0.15, 0.2) is 0 Å². The van der Waals surface area contributed by atoms with Crippen molar-refractivity contribution < 1.29 is 19.4 Å². The molecule has 188 valence electrons. The Labute approximate surface area is 207 Å². The molecule has 12 heteroatoms. The third kappa shape index (κ3) is 4.89. The van der Waals surface area contributed by atoms with Crippen molar-refractivity contribution in [1.29, 1.82) is 5.26 Å². The van der Waals surface area contributed by atoms with Crippen LogP contribution in [0.4, 0.5) is 10.6 Å². The summed E-state index contributed by atoms with van der Waals surface area (Å²) >= 11 is 0. The van der Waals surface area contributed by atoms with Crippen LogP contribution < -0.4 is 15.4 Å². The van der Waals surface area contributed by atoms with Gasteiger partial charge in [-0.2, -0.15) is 10.4 Å². The number of morpholine rings is 1. The molecule has 3 aromatic rings. The van der Waals surface area contributed by atoms with Crippen LogP contribution in [0.25, 0.3) is 16.8 Å². The Bertz CT molecular complexity index is 1290. The van der Waals surface area contributed by atoms with E-state index in [1.807, 2.05) is 0 Å². The Morgan fingerprint density at radius 3 is 2.81 bits per heavy atom. The van der Waals surface area contributed by atoms with Crippen LogP contribution in [0.3, 0.4) is 0 Å². The lowest BCUT2D eigenvalue weighted by atomic mass is 9.91. The number of piperidine rings is 1. The Hall–Kier alpha value is -3.95. The number of anilines is 1. The predicted octanol–water partition coefficient (Wildman–Crippen LogP) is 1.74. The Morgan fingerprint density at radius 1 is 1.31 bits per heavy atom. The van der Waals surface area contributed by atoms with Crippen LogP contribution in [0.15, 0.2) is 30.9 Å². The van der Waals surface area contributed by atoms with Crippen LogP contribution in [0.2, 0.25) is 0 Å². The van der Waals surface area contributed by atoms with Gasteiger partial charge in [0.2, 0.25) is 0 Å². The van der Waals surface area contributed by atoms with Crippen molar-refractivity contribution in [2.24, 2.45) is 5.73 Å². The number of nitrogens with zero attached hydrogens (tertiary/aromatic N) is 7. The molecule has 1 amide bonds. The van der Waals surface area contributed by atoms with Gasteiger partial charge in [0.05, 0.1) is 54.7 Å². The SMILES string of the molecule is CC1(N)CCN(c2cnc(-c3cc(OC[C@H]4CN(C(=O)O)CCO4)cn4ncc(C#N)c34)cn2)CC1. The van der Waals surface area contributed by atoms with Gasteiger partial charge in [0.25, 0.3) is 0 Å². The highest BCUT2D eigenvalue weighted by Crippen LogP contribution is 2.31. The molecule has 0 aliphatic carbocycles. The first kappa shape index (κ1) is 23.8. The molecule has 3 N–H and O–H groups in total. The minimum atomic E-state index is -0.976. The first-order chi connectivity index (χ1) is 17.3. The first-order valence-corrected chi connectivity index (χ1v) is 11.8. The van der Waals surface area contributed by atoms with E-state index in [-0.39, 0.29) is 24.8 Å². The number of rotatable bonds is 5. The number of ether oxygens (including phenoxy) is 2. The molecule has 5 rings (SSSR count). The van der Waals surface area contributed by atoms with Crippen LogP contribution in [0.5, 0.6) is 5.75 Å². The number of carboxylic acid groups (broad SMARTS) is 1. The largest absolute Gasteiger partial charge is 0.489 e. The van der Waals surface area contributed by atoms with Gasteiger partial charge in [-0.05, 0) is 25.8 Å². The van der Waals surface area contributed by atoms with Gasteiger partial charge in [-0.15, -0.1) is 0 Å². The number of carbonyl (C=O) groups is 1. The molecule has 2 aliphatic rings. The minimum absolute atomic E-state index is 0.153. The van der Waals surface area contributed by atoms with Crippen LogP contribution >= 0.6 is 0 Å². The van der Waals surface area contributed by atoms with Crippen molar-refractivity contribution in [2.45, 2.75) is 31.4 Å². The summed E-state index contributed by atoms with van der Waals surface area (Å²) in [6.07, 6.45) is 7.00. The highest BCUT2D eigenvalue weighted by Gasteiger charge is 2.27. The van der Waals surface area contributed by atoms with E-state index in [0.29, 0.717) is 41.2 Å². The van der Waals surface area contributed by atoms with E-state index in [1.54, 1.807) is 29.2 Å². The van der Waals surface area contributed by atoms with Gasteiger partial charge in [-0.25, -0.2) is 14.3 Å². The molecule has 2 saturated heterocycles. The quantitative estimate of drug-likeness (QED) is 0.538. The van der Waals surface area contributed by atoms with E-state index in [1.165, 1.54) is 11.1 Å². The number of nitrogens with two attached hydrogens (primary N) is 1. The van der Waals surface area contributed by atoms with Gasteiger partial charge < -0.3 is 30.1 Å². The zero-order valence-corrected chi connectivity index (χ0v) is 20.0. The normalized spacial score (nSPS) is 19.8. The van der Waals surface area contributed by atoms with E-state index in [0.717, 1.165) is 31.7 Å². The molecule has 1 atom stereocenters. The number of fused-ring (bicyclic) bond motifs is 1. The van der Waals surface area contributed by atoms with Gasteiger partial charge in [0.1, 0.15) is 30.3 Å². The van der Waals surface area contributed by atoms with E-state index >= 15 is 0 Å². The third-order valence-electron chi connectivity index (χ3n) is 6.70. The minimum Gasteiger partial charge on any atom is -0.489 e. The highest BCUT2D eigenvalue weighted by atomic mass is 16.5. The maximum absolute atomic E-state index is 11.3. The summed E-state index contributed by atoms with van der Waals surface area (Å²) in [4.78, 5) is 24.0. The summed E-state index contributed by atoms with van der Waals surface area (Å²) in [5.41, 5.74) is 8.35. The molecule has 2 fully saturated rings. The number of hydrogen-bond donors (Lipinski definition) is 2. The number of aromatic nitrogens is 4. The Balaban J connectivity index is 1.39. The second-order valence-corrected chi connectivity index (χ2v) is 9.49. The average Bonchev–Trinajstić information content (AvgIpc) is 3.30. The summed E-state index contributed by atoms with van der Waals surface area (Å²) < 4.78 is 13.2. The fourth-order valence-corrected chi connectivity index (χ4v) is 4.51. The molecule has 0 bridgehead atoms. The molecule has 0 saturated carbocycles. The second-order valence-electron chi connectivity index (χ2n) is 9.49. The van der Waals surface area contributed by atoms with Crippen molar-refractivity contribution in [1.82, 2.24) is 24.5 Å². The zero-order chi connectivity index (χ0) is 25.3. The van der Waals surface area contributed by atoms with Gasteiger partial charge in [-0.1, -0.05) is 0 Å². The Kier molecular flexibility index (Phi) is 6.34. The molecule has 0 radical (unpaired) electrons. The van der Waals surface area contributed by atoms with Gasteiger partial charge >= 0.3 is 6.09 Å². The maximum atomic E-state index is 11.3. The summed E-state index contributed by atoms with van der Waals surface area (Å²) in [7, 11) is 0. The Morgan fingerprint density at radius 2 is 2.11 bits per heavy atom. The molecule has 3 aromatic heterocycles. The van der Waals surface area contributed by atoms with E-state index in [9.17, 15) is 15.2 Å². The molecular weight excluding hydrogens is 464 g/mol. The number of nitriles is 1. The highest BCUT2D eigenvalue weighted by molar-refractivity contribution is 5.83. The molecule has 5 heterocycles. The van der Waals surface area contributed by atoms with Crippen molar-refractivity contribution in [3.8, 4) is 23.1 Å². The lowest BCUT2D eigenvalue weighted by Crippen LogP contribution is -2.48. The van der Waals surface area contributed by atoms with Crippen LogP contribution in [0, 0.1) is 11.3 Å². The topological polar surface area (TPSA) is 155 Å². The monoisotopic (exact) mass is 492 g/mol. The molecule has 0 aromatic carbocycles. The fraction of sp³-hybridized carbons (Fsp3) is 0.458. The molecule has 36 heavy (non-hydrogen) atoms. The van der Waals surface area contributed by atoms with Crippen molar-refractivity contribution in [3.63, 3.8) is 0 Å². The van der Waals surface area contributed by atoms with Crippen LogP contribution in [0.1, 0.15) is 25.3 Å². The zero-order valence-electron chi connectivity index (χ0n) is 20.0. The predicted molar refractivity (Wildman–Crippen MR) is 130 cm³/mol. The molecular formula is C24H28N8O4. The third-order valence-corrected chi connectivity index (χ3v) is 6.70. The van der Waals surface area contributed by atoms with E-state index in [2.05, 4.69) is 33.0 Å². The second kappa shape index (κ2) is 9.60. The van der Waals surface area contributed by atoms with E-state index < -0.39 is 6.09 Å². The summed E-state index contributed by atoms with van der Waals surface area (Å²) in [5.74, 6) is 1.27. The summed E-state index contributed by atoms with van der Waals surface area (Å²) in [6, 6.07) is 3.97. The average molecular weight is 493 g/mol. The molecule has 0 unspecified atom stereocenters. The van der Waals surface area contributed by atoms with E-state index in [4.69, 9.17) is 15.2 Å². The maximum Gasteiger partial charge on any atom is 0.407 e. The number of amides is 1.